The quantitative estimate of drug-likeness (QED) is 0.789. The number of pyridine rings is 1. The zero-order valence-corrected chi connectivity index (χ0v) is 12.8. The molecule has 0 aromatic carbocycles. The summed E-state index contributed by atoms with van der Waals surface area (Å²) in [5, 5.41) is 0.578. The zero-order valence-electron chi connectivity index (χ0n) is 8.58. The van der Waals surface area contributed by atoms with E-state index in [0.29, 0.717) is 19.0 Å². The van der Waals surface area contributed by atoms with Gasteiger partial charge in [-0.2, -0.15) is 0 Å². The normalized spacial score (nSPS) is 13.7. The van der Waals surface area contributed by atoms with E-state index in [0.717, 1.165) is 5.57 Å². The van der Waals surface area contributed by atoms with Crippen LogP contribution < -0.4 is 11.1 Å². The molecule has 2 rings (SSSR count). The van der Waals surface area contributed by atoms with E-state index in [4.69, 9.17) is 0 Å². The van der Waals surface area contributed by atoms with E-state index in [-0.39, 0.29) is 5.56 Å². The van der Waals surface area contributed by atoms with Crippen LogP contribution in [0.15, 0.2) is 23.1 Å². The highest BCUT2D eigenvalue weighted by atomic mass is 32.6. The number of rotatable bonds is 2. The minimum Gasteiger partial charge on any atom is -0.295 e. The van der Waals surface area contributed by atoms with Crippen LogP contribution in [0.2, 0.25) is 0 Å². The molecular weight excluding hydrogens is 278 g/mol. The second-order valence-electron chi connectivity index (χ2n) is 3.15. The number of hydrogen-bond acceptors (Lipinski definition) is 3. The largest absolute Gasteiger partial charge is 0.295 e. The average Bonchev–Trinajstić information content (AvgIpc) is 2.33. The average molecular weight is 289 g/mol. The summed E-state index contributed by atoms with van der Waals surface area (Å²) in [5.74, 6) is 0. The molecular formula is C8H11N3OP4. The smallest absolute Gasteiger partial charge is 0.263 e. The van der Waals surface area contributed by atoms with Crippen molar-refractivity contribution in [3.8, 4) is 0 Å². The van der Waals surface area contributed by atoms with Gasteiger partial charge in [0.1, 0.15) is 5.57 Å². The van der Waals surface area contributed by atoms with Gasteiger partial charge in [-0.25, -0.2) is 9.97 Å². The van der Waals surface area contributed by atoms with Crippen molar-refractivity contribution < 1.29 is 0 Å². The van der Waals surface area contributed by atoms with Crippen LogP contribution in [0.25, 0.3) is 11.0 Å². The molecule has 2 heterocycles. The molecule has 0 saturated heterocycles. The Morgan fingerprint density at radius 2 is 2.31 bits per heavy atom. The molecule has 2 aromatic rings. The van der Waals surface area contributed by atoms with Gasteiger partial charge in [0, 0.05) is 20.5 Å². The Labute approximate surface area is 100 Å². The summed E-state index contributed by atoms with van der Waals surface area (Å²) in [5.41, 5.74) is 1.34. The molecule has 0 aliphatic carbocycles. The molecule has 84 valence electrons. The van der Waals surface area contributed by atoms with Crippen LogP contribution in [-0.2, 0) is 7.05 Å². The minimum atomic E-state index is -0.464. The lowest BCUT2D eigenvalue weighted by atomic mass is 10.3. The number of aromatic nitrogens is 3. The van der Waals surface area contributed by atoms with E-state index in [1.165, 1.54) is 0 Å². The number of hydrogen-bond donors (Lipinski definition) is 0. The lowest BCUT2D eigenvalue weighted by molar-refractivity contribution is 0.880. The second kappa shape index (κ2) is 5.11. The van der Waals surface area contributed by atoms with Crippen molar-refractivity contribution in [1.82, 2.24) is 14.5 Å². The standard InChI is InChI=1S/C8H11N3OP4/c1-11-7(12)5-3-2-4-9-6(5)10-8(11)16(14)15-13/h2-4,15H,13-14H2,1H3. The van der Waals surface area contributed by atoms with E-state index in [2.05, 4.69) is 27.8 Å². The van der Waals surface area contributed by atoms with Gasteiger partial charge in [0.05, 0.1) is 5.39 Å². The highest BCUT2D eigenvalue weighted by Gasteiger charge is 2.13. The summed E-state index contributed by atoms with van der Waals surface area (Å²) in [6.45, 7) is 0. The Morgan fingerprint density at radius 3 is 3.00 bits per heavy atom. The first-order valence-corrected chi connectivity index (χ1v) is 11.1. The van der Waals surface area contributed by atoms with Crippen molar-refractivity contribution in [2.75, 3.05) is 0 Å². The Balaban J connectivity index is 2.79. The van der Waals surface area contributed by atoms with Gasteiger partial charge in [-0.1, -0.05) is 16.9 Å². The monoisotopic (exact) mass is 289 g/mol. The summed E-state index contributed by atoms with van der Waals surface area (Å²) < 4.78 is 1.62. The van der Waals surface area contributed by atoms with Crippen molar-refractivity contribution in [3.63, 3.8) is 0 Å². The van der Waals surface area contributed by atoms with Crippen LogP contribution in [0.1, 0.15) is 0 Å². The van der Waals surface area contributed by atoms with Gasteiger partial charge in [-0.05, 0) is 12.1 Å². The van der Waals surface area contributed by atoms with Crippen molar-refractivity contribution >= 4 is 49.7 Å². The Kier molecular flexibility index (Phi) is 3.98. The van der Waals surface area contributed by atoms with Gasteiger partial charge in [0.15, 0.2) is 5.65 Å². The molecule has 4 atom stereocenters. The first kappa shape index (κ1) is 12.5. The van der Waals surface area contributed by atoms with Gasteiger partial charge < -0.3 is 0 Å². The first-order valence-electron chi connectivity index (χ1n) is 4.48. The van der Waals surface area contributed by atoms with Crippen LogP contribution in [-0.4, -0.2) is 14.5 Å². The summed E-state index contributed by atoms with van der Waals surface area (Å²) in [6, 6.07) is 3.52. The molecule has 2 aromatic heterocycles. The highest BCUT2D eigenvalue weighted by molar-refractivity contribution is 8.63. The lowest BCUT2D eigenvalue weighted by Crippen LogP contribution is -2.30. The van der Waals surface area contributed by atoms with E-state index in [1.54, 1.807) is 29.9 Å². The molecule has 0 amide bonds. The maximum atomic E-state index is 12.0. The van der Waals surface area contributed by atoms with Gasteiger partial charge in [0.2, 0.25) is 0 Å². The molecule has 0 fully saturated rings. The van der Waals surface area contributed by atoms with Crippen LogP contribution in [0.3, 0.4) is 0 Å². The van der Waals surface area contributed by atoms with Crippen molar-refractivity contribution in [2.45, 2.75) is 0 Å². The number of fused-ring (bicyclic) bond motifs is 1. The maximum Gasteiger partial charge on any atom is 0.263 e. The van der Waals surface area contributed by atoms with Crippen LogP contribution in [0, 0.1) is 0 Å². The molecule has 0 aliphatic heterocycles. The molecule has 16 heavy (non-hydrogen) atoms. The van der Waals surface area contributed by atoms with Crippen molar-refractivity contribution in [2.24, 2.45) is 7.05 Å². The van der Waals surface area contributed by atoms with E-state index < -0.39 is 7.30 Å². The summed E-state index contributed by atoms with van der Waals surface area (Å²) in [4.78, 5) is 20.6. The molecule has 8 heteroatoms. The Bertz CT molecular complexity index is 585. The molecule has 0 bridgehead atoms. The van der Waals surface area contributed by atoms with Crippen molar-refractivity contribution in [1.29, 1.82) is 0 Å². The second-order valence-corrected chi connectivity index (χ2v) is 12.2. The maximum absolute atomic E-state index is 12.0. The fraction of sp³-hybridized carbons (Fsp3) is 0.125. The van der Waals surface area contributed by atoms with Gasteiger partial charge in [-0.15, -0.1) is 8.93 Å². The topological polar surface area (TPSA) is 47.8 Å². The molecule has 0 spiro atoms. The predicted octanol–water partition coefficient (Wildman–Crippen LogP) is 1.61. The molecule has 0 aliphatic rings. The summed E-state index contributed by atoms with van der Waals surface area (Å²) >= 11 is 0. The summed E-state index contributed by atoms with van der Waals surface area (Å²) in [7, 11) is 7.43. The third-order valence-corrected chi connectivity index (χ3v) is 11.9. The first-order chi connectivity index (χ1) is 7.65. The van der Waals surface area contributed by atoms with Gasteiger partial charge >= 0.3 is 0 Å². The minimum absolute atomic E-state index is 0.0219. The fourth-order valence-corrected chi connectivity index (χ4v) is 4.78. The Morgan fingerprint density at radius 1 is 1.56 bits per heavy atom. The molecule has 0 N–H and O–H groups in total. The van der Waals surface area contributed by atoms with Crippen LogP contribution in [0.4, 0.5) is 0 Å². The Hall–Kier alpha value is 0.0100. The molecule has 4 unspecified atom stereocenters. The third-order valence-electron chi connectivity index (χ3n) is 2.18. The highest BCUT2D eigenvalue weighted by Crippen LogP contribution is 2.64. The molecule has 0 radical (unpaired) electrons. The van der Waals surface area contributed by atoms with Crippen molar-refractivity contribution in [3.05, 3.63) is 28.7 Å². The van der Waals surface area contributed by atoms with E-state index in [1.807, 2.05) is 0 Å². The molecule has 4 nitrogen and oxygen atoms in total. The third kappa shape index (κ3) is 2.18. The van der Waals surface area contributed by atoms with Gasteiger partial charge in [-0.3, -0.25) is 9.36 Å². The number of nitrogens with zero attached hydrogens (tertiary/aromatic N) is 3. The zero-order chi connectivity index (χ0) is 11.7. The van der Waals surface area contributed by atoms with Crippen LogP contribution >= 0.6 is 33.1 Å². The van der Waals surface area contributed by atoms with Crippen LogP contribution in [0.5, 0.6) is 0 Å². The van der Waals surface area contributed by atoms with Gasteiger partial charge in [0.25, 0.3) is 5.56 Å². The lowest BCUT2D eigenvalue weighted by Gasteiger charge is -2.13. The molecule has 0 saturated carbocycles. The van der Waals surface area contributed by atoms with E-state index in [9.17, 15) is 4.79 Å². The van der Waals surface area contributed by atoms with E-state index >= 15 is 0 Å². The fourth-order valence-electron chi connectivity index (χ4n) is 1.37. The SMILES string of the molecule is Cn1c(P(P)PP)nc2ncccc2c1=O. The summed E-state index contributed by atoms with van der Waals surface area (Å²) in [6.07, 6.45) is 1.66. The predicted molar refractivity (Wildman–Crippen MR) is 79.1 cm³/mol.